The molecule has 1 saturated heterocycles. The Bertz CT molecular complexity index is 1090. The summed E-state index contributed by atoms with van der Waals surface area (Å²) in [5, 5.41) is 10.4. The number of alkyl halides is 3. The van der Waals surface area contributed by atoms with E-state index in [-0.39, 0.29) is 25.8 Å². The molecule has 196 valence electrons. The Morgan fingerprint density at radius 3 is 2.78 bits per heavy atom. The molecule has 1 N–H and O–H groups in total. The molecule has 0 spiro atoms. The molecule has 1 fully saturated rings. The zero-order valence-corrected chi connectivity index (χ0v) is 19.9. The second-order valence-corrected chi connectivity index (χ2v) is 8.44. The largest absolute Gasteiger partial charge is 0.481 e. The summed E-state index contributed by atoms with van der Waals surface area (Å²) in [5.41, 5.74) is 0.806. The van der Waals surface area contributed by atoms with Gasteiger partial charge >= 0.3 is 12.3 Å². The van der Waals surface area contributed by atoms with Crippen LogP contribution >= 0.6 is 0 Å². The summed E-state index contributed by atoms with van der Waals surface area (Å²) in [5.74, 6) is -0.136. The quantitative estimate of drug-likeness (QED) is 0.590. The normalized spacial score (nSPS) is 18.1. The summed E-state index contributed by atoms with van der Waals surface area (Å²) in [6.07, 6.45) is -1.67. The standard InChI is InChI=1S/C22H27F3N6O5/c1-29(7-8-32)21(33)36-31-6-3-15(11-31)35-19-16-12-30(5-4-18(16)27-13-28-19)14-9-17(22(23,24)25)20(34-2)26-10-14/h9-10,13,15,32H,3-8,11-12H2,1-2H3/t15-/m0/s1. The molecule has 0 unspecified atom stereocenters. The lowest BCUT2D eigenvalue weighted by Gasteiger charge is -2.31. The van der Waals surface area contributed by atoms with Crippen molar-refractivity contribution in [2.24, 2.45) is 0 Å². The molecule has 4 heterocycles. The number of hydroxylamine groups is 2. The van der Waals surface area contributed by atoms with Gasteiger partial charge in [0.1, 0.15) is 18.0 Å². The van der Waals surface area contributed by atoms with Crippen LogP contribution in [0.1, 0.15) is 23.2 Å². The van der Waals surface area contributed by atoms with E-state index < -0.39 is 23.7 Å². The van der Waals surface area contributed by atoms with Gasteiger partial charge in [-0.2, -0.15) is 13.2 Å². The maximum absolute atomic E-state index is 13.5. The molecule has 11 nitrogen and oxygen atoms in total. The second-order valence-electron chi connectivity index (χ2n) is 8.44. The summed E-state index contributed by atoms with van der Waals surface area (Å²) in [6.45, 7) is 1.46. The Morgan fingerprint density at radius 1 is 1.25 bits per heavy atom. The Hall–Kier alpha value is -3.39. The van der Waals surface area contributed by atoms with Crippen molar-refractivity contribution in [2.45, 2.75) is 31.7 Å². The van der Waals surface area contributed by atoms with Crippen LogP contribution in [0.15, 0.2) is 18.6 Å². The molecule has 2 aliphatic heterocycles. The number of hydrogen-bond donors (Lipinski definition) is 1. The summed E-state index contributed by atoms with van der Waals surface area (Å²) in [7, 11) is 2.67. The topological polar surface area (TPSA) is 113 Å². The SMILES string of the molecule is COc1ncc(N2CCc3ncnc(O[C@H]4CCN(OC(=O)N(C)CCO)C4)c3C2)cc1C(F)(F)F. The predicted octanol–water partition coefficient (Wildman–Crippen LogP) is 1.89. The lowest BCUT2D eigenvalue weighted by Crippen LogP contribution is -2.36. The number of aliphatic hydroxyl groups is 1. The van der Waals surface area contributed by atoms with Crippen molar-refractivity contribution in [3.63, 3.8) is 0 Å². The number of halogens is 3. The molecule has 1 amide bonds. The van der Waals surface area contributed by atoms with Crippen molar-refractivity contribution in [2.75, 3.05) is 51.8 Å². The van der Waals surface area contributed by atoms with E-state index in [1.165, 1.54) is 29.5 Å². The number of aromatic nitrogens is 3. The predicted molar refractivity (Wildman–Crippen MR) is 119 cm³/mol. The van der Waals surface area contributed by atoms with Crippen LogP contribution in [0.25, 0.3) is 0 Å². The number of likely N-dealkylation sites (N-methyl/N-ethyl adjacent to an activating group) is 1. The third-order valence-corrected chi connectivity index (χ3v) is 6.00. The van der Waals surface area contributed by atoms with Gasteiger partial charge in [0.05, 0.1) is 49.9 Å². The van der Waals surface area contributed by atoms with Crippen LogP contribution in [0.5, 0.6) is 11.8 Å². The average molecular weight is 512 g/mol. The highest BCUT2D eigenvalue weighted by Crippen LogP contribution is 2.38. The van der Waals surface area contributed by atoms with E-state index in [4.69, 9.17) is 19.4 Å². The van der Waals surface area contributed by atoms with E-state index in [0.717, 1.165) is 18.9 Å². The van der Waals surface area contributed by atoms with Crippen LogP contribution in [-0.4, -0.2) is 89.2 Å². The van der Waals surface area contributed by atoms with Crippen molar-refractivity contribution in [1.29, 1.82) is 0 Å². The van der Waals surface area contributed by atoms with Gasteiger partial charge in [0.2, 0.25) is 11.8 Å². The maximum Gasteiger partial charge on any atom is 0.428 e. The molecular weight excluding hydrogens is 485 g/mol. The van der Waals surface area contributed by atoms with Crippen molar-refractivity contribution in [3.05, 3.63) is 35.4 Å². The zero-order valence-electron chi connectivity index (χ0n) is 19.9. The molecule has 2 aliphatic rings. The third-order valence-electron chi connectivity index (χ3n) is 6.00. The van der Waals surface area contributed by atoms with Crippen LogP contribution in [0.2, 0.25) is 0 Å². The van der Waals surface area contributed by atoms with Crippen molar-refractivity contribution >= 4 is 11.8 Å². The Labute approximate surface area is 205 Å². The van der Waals surface area contributed by atoms with Crippen LogP contribution < -0.4 is 14.4 Å². The first-order valence-electron chi connectivity index (χ1n) is 11.3. The highest BCUT2D eigenvalue weighted by molar-refractivity contribution is 5.66. The Morgan fingerprint density at radius 2 is 2.06 bits per heavy atom. The lowest BCUT2D eigenvalue weighted by atomic mass is 10.1. The number of rotatable bonds is 7. The van der Waals surface area contributed by atoms with Gasteiger partial charge in [0, 0.05) is 39.5 Å². The smallest absolute Gasteiger partial charge is 0.428 e. The number of pyridine rings is 1. The van der Waals surface area contributed by atoms with Crippen LogP contribution in [0.4, 0.5) is 23.7 Å². The highest BCUT2D eigenvalue weighted by atomic mass is 19.4. The Balaban J connectivity index is 1.45. The first kappa shape index (κ1) is 25.7. The number of hydrogen-bond acceptors (Lipinski definition) is 10. The minimum atomic E-state index is -4.61. The number of fused-ring (bicyclic) bond motifs is 1. The number of carbonyl (C=O) groups excluding carboxylic acids is 1. The van der Waals surface area contributed by atoms with Gasteiger partial charge in [-0.15, -0.1) is 5.06 Å². The number of ether oxygens (including phenoxy) is 2. The van der Waals surface area contributed by atoms with Gasteiger partial charge in [0.25, 0.3) is 0 Å². The summed E-state index contributed by atoms with van der Waals surface area (Å²) in [4.78, 5) is 32.8. The van der Waals surface area contributed by atoms with E-state index in [1.54, 1.807) is 4.90 Å². The Kier molecular flexibility index (Phi) is 7.64. The molecule has 0 aromatic carbocycles. The van der Waals surface area contributed by atoms with Crippen molar-refractivity contribution in [3.8, 4) is 11.8 Å². The molecule has 0 radical (unpaired) electrons. The first-order chi connectivity index (χ1) is 17.2. The van der Waals surface area contributed by atoms with Crippen LogP contribution in [0, 0.1) is 0 Å². The lowest BCUT2D eigenvalue weighted by molar-refractivity contribution is -0.139. The number of methoxy groups -OCH3 is 1. The number of amides is 1. The van der Waals surface area contributed by atoms with Gasteiger partial charge in [-0.25, -0.2) is 19.7 Å². The molecule has 0 saturated carbocycles. The second kappa shape index (κ2) is 10.7. The molecule has 0 bridgehead atoms. The first-order valence-corrected chi connectivity index (χ1v) is 11.3. The molecule has 0 aliphatic carbocycles. The molecule has 4 rings (SSSR count). The van der Waals surface area contributed by atoms with Gasteiger partial charge in [-0.1, -0.05) is 0 Å². The number of nitrogens with zero attached hydrogens (tertiary/aromatic N) is 6. The highest BCUT2D eigenvalue weighted by Gasteiger charge is 2.36. The fourth-order valence-corrected chi connectivity index (χ4v) is 4.07. The van der Waals surface area contributed by atoms with E-state index in [2.05, 4.69) is 15.0 Å². The number of aliphatic hydroxyl groups excluding tert-OH is 1. The fourth-order valence-electron chi connectivity index (χ4n) is 4.07. The number of carbonyl (C=O) groups is 1. The average Bonchev–Trinajstić information content (AvgIpc) is 3.29. The summed E-state index contributed by atoms with van der Waals surface area (Å²) >= 11 is 0. The van der Waals surface area contributed by atoms with E-state index >= 15 is 0 Å². The van der Waals surface area contributed by atoms with Crippen LogP contribution in [-0.2, 0) is 24.0 Å². The maximum atomic E-state index is 13.5. The van der Waals surface area contributed by atoms with E-state index in [1.807, 2.05) is 0 Å². The molecular formula is C22H27F3N6O5. The van der Waals surface area contributed by atoms with Crippen molar-refractivity contribution in [1.82, 2.24) is 24.9 Å². The molecule has 1 atom stereocenters. The monoisotopic (exact) mass is 512 g/mol. The third kappa shape index (κ3) is 5.70. The molecule has 2 aromatic heterocycles. The van der Waals surface area contributed by atoms with E-state index in [9.17, 15) is 18.0 Å². The zero-order chi connectivity index (χ0) is 25.9. The molecule has 36 heavy (non-hydrogen) atoms. The minimum absolute atomic E-state index is 0.157. The van der Waals surface area contributed by atoms with E-state index in [0.29, 0.717) is 49.6 Å². The molecule has 14 heteroatoms. The van der Waals surface area contributed by atoms with Gasteiger partial charge < -0.3 is 29.2 Å². The van der Waals surface area contributed by atoms with Gasteiger partial charge in [-0.05, 0) is 6.07 Å². The summed E-state index contributed by atoms with van der Waals surface area (Å²) < 4.78 is 51.3. The summed E-state index contributed by atoms with van der Waals surface area (Å²) in [6, 6.07) is 1.03. The minimum Gasteiger partial charge on any atom is -0.481 e. The van der Waals surface area contributed by atoms with Crippen LogP contribution in [0.3, 0.4) is 0 Å². The number of anilines is 1. The molecule has 2 aromatic rings. The fraction of sp³-hybridized carbons (Fsp3) is 0.545. The van der Waals surface area contributed by atoms with Crippen molar-refractivity contribution < 1.29 is 37.4 Å². The van der Waals surface area contributed by atoms with Gasteiger partial charge in [0.15, 0.2) is 0 Å². The van der Waals surface area contributed by atoms with Gasteiger partial charge in [-0.3, -0.25) is 0 Å².